The number of aromatic nitrogens is 4. The van der Waals surface area contributed by atoms with Crippen LogP contribution in [-0.2, 0) is 5.41 Å². The summed E-state index contributed by atoms with van der Waals surface area (Å²) in [5.41, 5.74) is 16.1. The molecule has 0 fully saturated rings. The van der Waals surface area contributed by atoms with Crippen molar-refractivity contribution in [1.29, 1.82) is 0 Å². The normalized spacial score (nSPS) is 13.5. The lowest BCUT2D eigenvalue weighted by molar-refractivity contribution is 0.660. The first kappa shape index (κ1) is 31.9. The van der Waals surface area contributed by atoms with E-state index in [0.717, 1.165) is 67.3 Å². The van der Waals surface area contributed by atoms with Crippen molar-refractivity contribution in [3.8, 4) is 50.6 Å². The second-order valence-electron chi connectivity index (χ2n) is 15.7. The number of benzene rings is 6. The highest BCUT2D eigenvalue weighted by Crippen LogP contribution is 2.53. The fourth-order valence-electron chi connectivity index (χ4n) is 9.58. The molecule has 10 aromatic rings. The largest absolute Gasteiger partial charge is 0.294 e. The summed E-state index contributed by atoms with van der Waals surface area (Å²) in [6, 6.07) is 58.9. The van der Waals surface area contributed by atoms with Gasteiger partial charge in [0, 0.05) is 50.7 Å². The van der Waals surface area contributed by atoms with Crippen LogP contribution in [0.15, 0.2) is 176 Å². The number of hydrogen-bond donors (Lipinski definition) is 0. The highest BCUT2D eigenvalue weighted by Gasteiger charge is 2.35. The zero-order valence-corrected chi connectivity index (χ0v) is 31.5. The molecule has 5 heteroatoms. The SMILES string of the molecule is CC1(C)c2ccccc2-c2cc(-c3cccc(N4c5cc6c(cc5-c5cccc7cccc4c57)c4cc(-c5ccccn5)ccc4n6-c4ccccn4)n3)ccc21. The number of nitrogens with zero attached hydrogens (tertiary/aromatic N) is 5. The molecule has 0 spiro atoms. The highest BCUT2D eigenvalue weighted by atomic mass is 15.2. The summed E-state index contributed by atoms with van der Waals surface area (Å²) >= 11 is 0. The average Bonchev–Trinajstić information content (AvgIpc) is 3.70. The van der Waals surface area contributed by atoms with Gasteiger partial charge in [0.15, 0.2) is 0 Å². The van der Waals surface area contributed by atoms with Crippen molar-refractivity contribution < 1.29 is 0 Å². The first-order valence-electron chi connectivity index (χ1n) is 19.5. The molecule has 0 atom stereocenters. The van der Waals surface area contributed by atoms with Crippen molar-refractivity contribution in [1.82, 2.24) is 19.5 Å². The van der Waals surface area contributed by atoms with Gasteiger partial charge in [-0.3, -0.25) is 14.5 Å². The Bertz CT molecular complexity index is 3270. The van der Waals surface area contributed by atoms with E-state index in [1.807, 2.05) is 30.6 Å². The minimum atomic E-state index is -0.0492. The standard InChI is InChI=1S/C52H35N5/c1-52(2)41-16-4-3-14-35(41)37-28-34(22-24-42(37)52)44-18-11-21-50(55-44)57-46-19-10-13-32-12-9-15-36(51(32)46)39-30-40-38-29-33(43-17-5-7-26-53-43)23-25-45(38)56(48(40)31-47(39)57)49-20-6-8-27-54-49/h3-31H,1-2H3. The molecule has 6 aromatic carbocycles. The first-order valence-corrected chi connectivity index (χ1v) is 19.5. The zero-order valence-electron chi connectivity index (χ0n) is 31.5. The van der Waals surface area contributed by atoms with Gasteiger partial charge in [0.1, 0.15) is 11.6 Å². The maximum absolute atomic E-state index is 5.49. The molecule has 5 heterocycles. The molecule has 0 bridgehead atoms. The molecule has 0 saturated carbocycles. The van der Waals surface area contributed by atoms with E-state index >= 15 is 0 Å². The van der Waals surface area contributed by atoms with Crippen LogP contribution in [0.1, 0.15) is 25.0 Å². The minimum absolute atomic E-state index is 0.0492. The van der Waals surface area contributed by atoms with Gasteiger partial charge in [-0.15, -0.1) is 0 Å². The zero-order chi connectivity index (χ0) is 37.8. The van der Waals surface area contributed by atoms with Crippen LogP contribution in [0.3, 0.4) is 0 Å². The van der Waals surface area contributed by atoms with E-state index in [4.69, 9.17) is 15.0 Å². The average molecular weight is 730 g/mol. The number of fused-ring (bicyclic) bond motifs is 8. The van der Waals surface area contributed by atoms with Crippen LogP contribution in [0.2, 0.25) is 0 Å². The van der Waals surface area contributed by atoms with E-state index in [-0.39, 0.29) is 5.41 Å². The molecular weight excluding hydrogens is 695 g/mol. The maximum Gasteiger partial charge on any atom is 0.138 e. The molecule has 57 heavy (non-hydrogen) atoms. The predicted molar refractivity (Wildman–Crippen MR) is 234 cm³/mol. The van der Waals surface area contributed by atoms with Gasteiger partial charge in [-0.25, -0.2) is 9.97 Å². The van der Waals surface area contributed by atoms with Gasteiger partial charge in [0.25, 0.3) is 0 Å². The van der Waals surface area contributed by atoms with Crippen LogP contribution in [0.25, 0.3) is 83.2 Å². The summed E-state index contributed by atoms with van der Waals surface area (Å²) < 4.78 is 2.29. The van der Waals surface area contributed by atoms with Crippen molar-refractivity contribution >= 4 is 49.8 Å². The van der Waals surface area contributed by atoms with Crippen molar-refractivity contribution in [3.05, 3.63) is 187 Å². The van der Waals surface area contributed by atoms with Crippen molar-refractivity contribution in [2.45, 2.75) is 19.3 Å². The van der Waals surface area contributed by atoms with Crippen molar-refractivity contribution in [2.24, 2.45) is 0 Å². The van der Waals surface area contributed by atoms with Crippen LogP contribution in [0.5, 0.6) is 0 Å². The highest BCUT2D eigenvalue weighted by molar-refractivity contribution is 6.19. The summed E-state index contributed by atoms with van der Waals surface area (Å²) in [6.45, 7) is 4.65. The molecular formula is C52H35N5. The summed E-state index contributed by atoms with van der Waals surface area (Å²) in [7, 11) is 0. The van der Waals surface area contributed by atoms with E-state index in [2.05, 4.69) is 169 Å². The quantitative estimate of drug-likeness (QED) is 0.181. The Labute approximate surface area is 330 Å². The van der Waals surface area contributed by atoms with Gasteiger partial charge in [-0.2, -0.15) is 0 Å². The minimum Gasteiger partial charge on any atom is -0.294 e. The molecule has 1 aliphatic heterocycles. The third-order valence-electron chi connectivity index (χ3n) is 12.2. The molecule has 0 amide bonds. The van der Waals surface area contributed by atoms with Gasteiger partial charge in [-0.1, -0.05) is 105 Å². The Morgan fingerprint density at radius 1 is 0.456 bits per heavy atom. The molecule has 0 radical (unpaired) electrons. The summed E-state index contributed by atoms with van der Waals surface area (Å²) in [6.07, 6.45) is 3.72. The van der Waals surface area contributed by atoms with Crippen LogP contribution >= 0.6 is 0 Å². The lowest BCUT2D eigenvalue weighted by Crippen LogP contribution is -2.16. The molecule has 4 aromatic heterocycles. The number of pyridine rings is 3. The van der Waals surface area contributed by atoms with Crippen molar-refractivity contribution in [3.63, 3.8) is 0 Å². The molecule has 268 valence electrons. The monoisotopic (exact) mass is 729 g/mol. The second-order valence-corrected chi connectivity index (χ2v) is 15.7. The third kappa shape index (κ3) is 4.60. The second kappa shape index (κ2) is 11.8. The van der Waals surface area contributed by atoms with Gasteiger partial charge in [-0.05, 0) is 106 Å². The predicted octanol–water partition coefficient (Wildman–Crippen LogP) is 13.2. The van der Waals surface area contributed by atoms with E-state index in [1.165, 1.54) is 44.2 Å². The molecule has 0 saturated heterocycles. The molecule has 0 N–H and O–H groups in total. The van der Waals surface area contributed by atoms with E-state index in [1.54, 1.807) is 0 Å². The Hall–Kier alpha value is -7.37. The lowest BCUT2D eigenvalue weighted by atomic mass is 9.82. The lowest BCUT2D eigenvalue weighted by Gasteiger charge is -2.33. The van der Waals surface area contributed by atoms with Gasteiger partial charge in [0.2, 0.25) is 0 Å². The van der Waals surface area contributed by atoms with Crippen LogP contribution < -0.4 is 4.90 Å². The van der Waals surface area contributed by atoms with Gasteiger partial charge < -0.3 is 0 Å². The van der Waals surface area contributed by atoms with E-state index in [9.17, 15) is 0 Å². The van der Waals surface area contributed by atoms with Crippen molar-refractivity contribution in [2.75, 3.05) is 4.90 Å². The number of anilines is 3. The van der Waals surface area contributed by atoms with Crippen LogP contribution in [0, 0.1) is 0 Å². The van der Waals surface area contributed by atoms with Gasteiger partial charge >= 0.3 is 0 Å². The third-order valence-corrected chi connectivity index (χ3v) is 12.2. The molecule has 1 aliphatic carbocycles. The number of hydrogen-bond acceptors (Lipinski definition) is 4. The fraction of sp³-hybridized carbons (Fsp3) is 0.0577. The maximum atomic E-state index is 5.49. The van der Waals surface area contributed by atoms with Gasteiger partial charge in [0.05, 0.1) is 33.8 Å². The smallest absolute Gasteiger partial charge is 0.138 e. The first-order chi connectivity index (χ1) is 28.0. The summed E-state index contributed by atoms with van der Waals surface area (Å²) in [5.74, 6) is 1.74. The molecule has 2 aliphatic rings. The topological polar surface area (TPSA) is 46.8 Å². The Morgan fingerprint density at radius 2 is 1.16 bits per heavy atom. The molecule has 12 rings (SSSR count). The molecule has 5 nitrogen and oxygen atoms in total. The van der Waals surface area contributed by atoms with Crippen LogP contribution in [-0.4, -0.2) is 19.5 Å². The fourth-order valence-corrected chi connectivity index (χ4v) is 9.58. The molecule has 0 unspecified atom stereocenters. The summed E-state index contributed by atoms with van der Waals surface area (Å²) in [5, 5.41) is 4.73. The number of rotatable bonds is 4. The van der Waals surface area contributed by atoms with E-state index < -0.39 is 0 Å². The Morgan fingerprint density at radius 3 is 2.02 bits per heavy atom. The van der Waals surface area contributed by atoms with Crippen LogP contribution in [0.4, 0.5) is 17.2 Å². The Balaban J connectivity index is 1.11. The Kier molecular flexibility index (Phi) is 6.62. The summed E-state index contributed by atoms with van der Waals surface area (Å²) in [4.78, 5) is 17.4. The van der Waals surface area contributed by atoms with E-state index in [0.29, 0.717) is 0 Å².